The van der Waals surface area contributed by atoms with Crippen molar-refractivity contribution in [1.82, 2.24) is 0 Å². The Bertz CT molecular complexity index is 1420. The van der Waals surface area contributed by atoms with Crippen LogP contribution in [0.25, 0.3) is 6.08 Å². The number of anilines is 2. The number of amidine groups is 1. The second kappa shape index (κ2) is 8.76. The summed E-state index contributed by atoms with van der Waals surface area (Å²) in [5.74, 6) is -0.482. The topological polar surface area (TPSA) is 74.1 Å². The molecule has 0 saturated carbocycles. The maximum atomic E-state index is 13.5. The number of rotatable bonds is 3. The van der Waals surface area contributed by atoms with E-state index in [1.165, 1.54) is 11.8 Å². The highest BCUT2D eigenvalue weighted by molar-refractivity contribution is 8.19. The van der Waals surface area contributed by atoms with Crippen LogP contribution >= 0.6 is 11.8 Å². The number of nitrogens with zero attached hydrogens (tertiary/aromatic N) is 3. The van der Waals surface area contributed by atoms with Gasteiger partial charge in [-0.2, -0.15) is 0 Å². The number of hydrogen-bond donors (Lipinski definition) is 1. The third-order valence-corrected chi connectivity index (χ3v) is 6.59. The van der Waals surface area contributed by atoms with Crippen molar-refractivity contribution in [3.63, 3.8) is 0 Å². The summed E-state index contributed by atoms with van der Waals surface area (Å²) in [6, 6.07) is 21.3. The Hall–Kier alpha value is -3.97. The van der Waals surface area contributed by atoms with Crippen LogP contribution in [0.1, 0.15) is 27.8 Å². The lowest BCUT2D eigenvalue weighted by Crippen LogP contribution is -2.29. The molecule has 3 aromatic rings. The number of fused-ring (bicyclic) bond motifs is 1. The zero-order valence-electron chi connectivity index (χ0n) is 19.0. The van der Waals surface area contributed by atoms with Gasteiger partial charge < -0.3 is 5.32 Å². The first kappa shape index (κ1) is 21.9. The van der Waals surface area contributed by atoms with Crippen LogP contribution in [0.15, 0.2) is 81.8 Å². The van der Waals surface area contributed by atoms with Crippen LogP contribution in [-0.4, -0.2) is 22.7 Å². The van der Waals surface area contributed by atoms with E-state index in [9.17, 15) is 9.59 Å². The smallest absolute Gasteiger partial charge is 0.276 e. The second-order valence-electron chi connectivity index (χ2n) is 8.29. The molecule has 2 heterocycles. The van der Waals surface area contributed by atoms with E-state index in [1.807, 2.05) is 93.6 Å². The molecular weight excluding hydrogens is 444 g/mol. The normalized spacial score (nSPS) is 18.8. The number of carbonyl (C=O) groups is 2. The number of hydrogen-bond acceptors (Lipinski definition) is 5. The lowest BCUT2D eigenvalue weighted by atomic mass is 10.1. The van der Waals surface area contributed by atoms with Crippen molar-refractivity contribution in [2.24, 2.45) is 10.2 Å². The molecule has 0 unspecified atom stereocenters. The van der Waals surface area contributed by atoms with Gasteiger partial charge in [-0.3, -0.25) is 14.5 Å². The Morgan fingerprint density at radius 1 is 0.882 bits per heavy atom. The Morgan fingerprint density at radius 2 is 1.62 bits per heavy atom. The van der Waals surface area contributed by atoms with Crippen molar-refractivity contribution >= 4 is 51.9 Å². The molecule has 1 N–H and O–H groups in total. The molecule has 1 fully saturated rings. The van der Waals surface area contributed by atoms with E-state index in [4.69, 9.17) is 0 Å². The van der Waals surface area contributed by atoms with Gasteiger partial charge in [0, 0.05) is 5.56 Å². The van der Waals surface area contributed by atoms with Crippen molar-refractivity contribution in [3.8, 4) is 0 Å². The summed E-state index contributed by atoms with van der Waals surface area (Å²) in [4.78, 5) is 28.2. The summed E-state index contributed by atoms with van der Waals surface area (Å²) < 4.78 is 0. The van der Waals surface area contributed by atoms with Gasteiger partial charge in [-0.25, -0.2) is 0 Å². The van der Waals surface area contributed by atoms with Crippen LogP contribution in [-0.2, 0) is 9.59 Å². The number of carbonyl (C=O) groups excluding carboxylic acids is 2. The minimum absolute atomic E-state index is 0.174. The van der Waals surface area contributed by atoms with Gasteiger partial charge in [0.15, 0.2) is 5.71 Å². The SMILES string of the molecule is Cc1ccc(N2C(=O)C(=Cc3ccccc3)SC2=NN=C2C(=O)Nc3ccc(C)cc32)c(C)c1. The van der Waals surface area contributed by atoms with Crippen LogP contribution in [0, 0.1) is 20.8 Å². The number of thioether (sulfide) groups is 1. The first-order chi connectivity index (χ1) is 16.4. The fourth-order valence-corrected chi connectivity index (χ4v) is 4.89. The lowest BCUT2D eigenvalue weighted by Gasteiger charge is -2.17. The molecule has 2 aliphatic heterocycles. The largest absolute Gasteiger partial charge is 0.320 e. The van der Waals surface area contributed by atoms with E-state index in [0.717, 1.165) is 27.9 Å². The molecule has 3 aromatic carbocycles. The van der Waals surface area contributed by atoms with Gasteiger partial charge >= 0.3 is 0 Å². The van der Waals surface area contributed by atoms with Crippen LogP contribution in [0.3, 0.4) is 0 Å². The minimum Gasteiger partial charge on any atom is -0.320 e. The van der Waals surface area contributed by atoms with Gasteiger partial charge in [0.25, 0.3) is 11.8 Å². The molecule has 168 valence electrons. The summed E-state index contributed by atoms with van der Waals surface area (Å²) in [7, 11) is 0. The monoisotopic (exact) mass is 466 g/mol. The Kier molecular flexibility index (Phi) is 5.63. The predicted octanol–water partition coefficient (Wildman–Crippen LogP) is 5.45. The number of aryl methyl sites for hydroxylation is 3. The average Bonchev–Trinajstić information content (AvgIpc) is 3.28. The molecule has 0 spiro atoms. The van der Waals surface area contributed by atoms with Gasteiger partial charge in [-0.15, -0.1) is 10.2 Å². The second-order valence-corrected chi connectivity index (χ2v) is 9.30. The lowest BCUT2D eigenvalue weighted by molar-refractivity contribution is -0.113. The van der Waals surface area contributed by atoms with Gasteiger partial charge in [0.05, 0.1) is 16.3 Å². The van der Waals surface area contributed by atoms with Crippen molar-refractivity contribution in [2.75, 3.05) is 10.2 Å². The van der Waals surface area contributed by atoms with Gasteiger partial charge in [0.1, 0.15) is 0 Å². The highest BCUT2D eigenvalue weighted by Crippen LogP contribution is 2.38. The summed E-state index contributed by atoms with van der Waals surface area (Å²) >= 11 is 1.25. The van der Waals surface area contributed by atoms with E-state index < -0.39 is 0 Å². The molecule has 2 aliphatic rings. The van der Waals surface area contributed by atoms with Crippen LogP contribution in [0.2, 0.25) is 0 Å². The maximum Gasteiger partial charge on any atom is 0.276 e. The quantitative estimate of drug-likeness (QED) is 0.412. The van der Waals surface area contributed by atoms with E-state index in [1.54, 1.807) is 4.90 Å². The first-order valence-electron chi connectivity index (χ1n) is 10.8. The third-order valence-electron chi connectivity index (χ3n) is 5.63. The molecule has 7 heteroatoms. The molecule has 0 aromatic heterocycles. The minimum atomic E-state index is -0.308. The van der Waals surface area contributed by atoms with Gasteiger partial charge in [-0.1, -0.05) is 59.7 Å². The molecule has 6 nitrogen and oxygen atoms in total. The molecule has 0 radical (unpaired) electrons. The Labute approximate surface area is 202 Å². The van der Waals surface area contributed by atoms with E-state index in [2.05, 4.69) is 15.5 Å². The van der Waals surface area contributed by atoms with Gasteiger partial charge in [0.2, 0.25) is 5.17 Å². The summed E-state index contributed by atoms with van der Waals surface area (Å²) in [6.45, 7) is 5.93. The Balaban J connectivity index is 1.60. The van der Waals surface area contributed by atoms with Crippen molar-refractivity contribution < 1.29 is 9.59 Å². The van der Waals surface area contributed by atoms with Crippen LogP contribution in [0.4, 0.5) is 11.4 Å². The van der Waals surface area contributed by atoms with E-state index in [0.29, 0.717) is 21.3 Å². The molecule has 0 bridgehead atoms. The maximum absolute atomic E-state index is 13.5. The van der Waals surface area contributed by atoms with Gasteiger partial charge in [-0.05, 0) is 67.9 Å². The van der Waals surface area contributed by atoms with Crippen LogP contribution < -0.4 is 10.2 Å². The highest BCUT2D eigenvalue weighted by Gasteiger charge is 2.36. The van der Waals surface area contributed by atoms with E-state index in [-0.39, 0.29) is 17.5 Å². The summed E-state index contributed by atoms with van der Waals surface area (Å²) in [6.07, 6.45) is 1.85. The molecule has 5 rings (SSSR count). The molecule has 0 aliphatic carbocycles. The predicted molar refractivity (Wildman–Crippen MR) is 139 cm³/mol. The Morgan fingerprint density at radius 3 is 2.38 bits per heavy atom. The summed E-state index contributed by atoms with van der Waals surface area (Å²) in [5, 5.41) is 12.0. The molecule has 0 atom stereocenters. The first-order valence-corrected chi connectivity index (χ1v) is 11.7. The zero-order valence-corrected chi connectivity index (χ0v) is 19.8. The number of benzene rings is 3. The van der Waals surface area contributed by atoms with Crippen molar-refractivity contribution in [3.05, 3.63) is 99.5 Å². The average molecular weight is 467 g/mol. The van der Waals surface area contributed by atoms with Crippen molar-refractivity contribution in [1.29, 1.82) is 0 Å². The fraction of sp³-hybridized carbons (Fsp3) is 0.111. The third kappa shape index (κ3) is 4.06. The molecule has 1 saturated heterocycles. The molecule has 2 amide bonds. The highest BCUT2D eigenvalue weighted by atomic mass is 32.2. The number of amides is 2. The number of nitrogens with one attached hydrogen (secondary N) is 1. The molecule has 34 heavy (non-hydrogen) atoms. The van der Waals surface area contributed by atoms with E-state index >= 15 is 0 Å². The van der Waals surface area contributed by atoms with Crippen molar-refractivity contribution in [2.45, 2.75) is 20.8 Å². The molecular formula is C27H22N4O2S. The van der Waals surface area contributed by atoms with Crippen LogP contribution in [0.5, 0.6) is 0 Å². The zero-order chi connectivity index (χ0) is 23.8. The fourth-order valence-electron chi connectivity index (χ4n) is 3.97. The summed E-state index contributed by atoms with van der Waals surface area (Å²) in [5.41, 5.74) is 6.40. The standard InChI is InChI=1S/C27H22N4O2S/c1-16-10-12-22(18(3)13-16)31-26(33)23(15-19-7-5-4-6-8-19)34-27(31)30-29-24-20-14-17(2)9-11-21(20)28-25(24)32/h4-15H,1-3H3,(H,28,29,32).